The summed E-state index contributed by atoms with van der Waals surface area (Å²) in [5.41, 5.74) is 1.14. The molecule has 0 aromatic carbocycles. The van der Waals surface area contributed by atoms with Gasteiger partial charge >= 0.3 is 0 Å². The van der Waals surface area contributed by atoms with Gasteiger partial charge in [0.2, 0.25) is 0 Å². The number of imidazole rings is 1. The van der Waals surface area contributed by atoms with Crippen molar-refractivity contribution in [1.29, 1.82) is 0 Å². The quantitative estimate of drug-likeness (QED) is 0.793. The summed E-state index contributed by atoms with van der Waals surface area (Å²) in [5, 5.41) is 3.12. The number of nitrogens with one attached hydrogen (secondary N) is 1. The maximum absolute atomic E-state index is 4.37. The van der Waals surface area contributed by atoms with Crippen LogP contribution in [-0.4, -0.2) is 16.6 Å². The maximum atomic E-state index is 4.37. The molecule has 3 unspecified atom stereocenters. The molecule has 3 nitrogen and oxygen atoms in total. The van der Waals surface area contributed by atoms with E-state index in [2.05, 4.69) is 34.9 Å². The van der Waals surface area contributed by atoms with Crippen LogP contribution in [0.5, 0.6) is 0 Å². The molecule has 14 heavy (non-hydrogen) atoms. The van der Waals surface area contributed by atoms with Crippen molar-refractivity contribution in [2.45, 2.75) is 32.9 Å². The molecule has 1 fully saturated rings. The van der Waals surface area contributed by atoms with Gasteiger partial charge in [0.15, 0.2) is 0 Å². The Balaban J connectivity index is 2.03. The molecule has 1 aliphatic carbocycles. The minimum absolute atomic E-state index is 0.683. The van der Waals surface area contributed by atoms with Crippen LogP contribution in [0.4, 0.5) is 0 Å². The van der Waals surface area contributed by atoms with Gasteiger partial charge in [0.05, 0.1) is 12.0 Å². The number of hydrogen-bond donors (Lipinski definition) is 1. The second-order valence-corrected chi connectivity index (χ2v) is 4.48. The molecule has 0 spiro atoms. The normalized spacial score (nSPS) is 31.5. The number of rotatable bonds is 3. The number of nitrogens with zero attached hydrogens (tertiary/aromatic N) is 2. The predicted octanol–water partition coefficient (Wildman–Crippen LogP) is 1.82. The summed E-state index contributed by atoms with van der Waals surface area (Å²) in [4.78, 5) is 4.37. The fraction of sp³-hybridized carbons (Fsp3) is 0.727. The molecule has 1 heterocycles. The van der Waals surface area contributed by atoms with E-state index in [0.29, 0.717) is 6.04 Å². The van der Waals surface area contributed by atoms with Crippen molar-refractivity contribution in [3.63, 3.8) is 0 Å². The zero-order valence-corrected chi connectivity index (χ0v) is 9.20. The van der Waals surface area contributed by atoms with Crippen LogP contribution in [0, 0.1) is 11.8 Å². The average molecular weight is 193 g/mol. The summed E-state index contributed by atoms with van der Waals surface area (Å²) in [7, 11) is 1.95. The Bertz CT molecular complexity index is 305. The molecule has 3 atom stereocenters. The Morgan fingerprint density at radius 1 is 1.57 bits per heavy atom. The van der Waals surface area contributed by atoms with Gasteiger partial charge in [-0.1, -0.05) is 13.8 Å². The lowest BCUT2D eigenvalue weighted by Crippen LogP contribution is -2.34. The summed E-state index contributed by atoms with van der Waals surface area (Å²) >= 11 is 0. The van der Waals surface area contributed by atoms with E-state index in [4.69, 9.17) is 0 Å². The third-order valence-electron chi connectivity index (χ3n) is 3.51. The Hall–Kier alpha value is -0.830. The van der Waals surface area contributed by atoms with Crippen molar-refractivity contribution < 1.29 is 0 Å². The lowest BCUT2D eigenvalue weighted by Gasteiger charge is -2.41. The van der Waals surface area contributed by atoms with Crippen LogP contribution in [0.3, 0.4) is 0 Å². The van der Waals surface area contributed by atoms with Crippen molar-refractivity contribution >= 4 is 0 Å². The van der Waals surface area contributed by atoms with E-state index >= 15 is 0 Å². The highest BCUT2D eigenvalue weighted by molar-refractivity contribution is 5.01. The third-order valence-corrected chi connectivity index (χ3v) is 3.51. The van der Waals surface area contributed by atoms with Crippen LogP contribution in [0.2, 0.25) is 0 Å². The molecular weight excluding hydrogens is 174 g/mol. The van der Waals surface area contributed by atoms with Crippen molar-refractivity contribution in [2.24, 2.45) is 11.8 Å². The van der Waals surface area contributed by atoms with Gasteiger partial charge in [-0.25, -0.2) is 4.98 Å². The lowest BCUT2D eigenvalue weighted by molar-refractivity contribution is 0.111. The van der Waals surface area contributed by atoms with Gasteiger partial charge in [-0.2, -0.15) is 0 Å². The minimum atomic E-state index is 0.683. The summed E-state index contributed by atoms with van der Waals surface area (Å²) in [5.74, 6) is 1.67. The van der Waals surface area contributed by atoms with E-state index in [1.54, 1.807) is 0 Å². The van der Waals surface area contributed by atoms with Crippen LogP contribution in [-0.2, 0) is 6.54 Å². The van der Waals surface area contributed by atoms with Crippen LogP contribution in [0.25, 0.3) is 0 Å². The van der Waals surface area contributed by atoms with Crippen LogP contribution < -0.4 is 5.32 Å². The molecule has 1 saturated carbocycles. The smallest absolute Gasteiger partial charge is 0.0952 e. The van der Waals surface area contributed by atoms with E-state index in [1.165, 1.54) is 6.42 Å². The Kier molecular flexibility index (Phi) is 2.59. The fourth-order valence-electron chi connectivity index (χ4n) is 2.22. The van der Waals surface area contributed by atoms with Crippen molar-refractivity contribution in [1.82, 2.24) is 14.9 Å². The van der Waals surface area contributed by atoms with Crippen LogP contribution in [0.15, 0.2) is 12.5 Å². The predicted molar refractivity (Wildman–Crippen MR) is 57.0 cm³/mol. The molecule has 0 bridgehead atoms. The highest BCUT2D eigenvalue weighted by Crippen LogP contribution is 2.43. The lowest BCUT2D eigenvalue weighted by atomic mass is 9.71. The monoisotopic (exact) mass is 193 g/mol. The van der Waals surface area contributed by atoms with Gasteiger partial charge in [0, 0.05) is 18.8 Å². The second-order valence-electron chi connectivity index (χ2n) is 4.48. The fourth-order valence-corrected chi connectivity index (χ4v) is 2.22. The Labute approximate surface area is 85.5 Å². The molecular formula is C11H19N3. The van der Waals surface area contributed by atoms with Crippen molar-refractivity contribution in [3.05, 3.63) is 18.2 Å². The van der Waals surface area contributed by atoms with E-state index < -0.39 is 0 Å². The molecule has 0 saturated heterocycles. The molecule has 1 aromatic rings. The van der Waals surface area contributed by atoms with E-state index in [-0.39, 0.29) is 0 Å². The second kappa shape index (κ2) is 3.73. The molecule has 1 N–H and O–H groups in total. The molecule has 0 radical (unpaired) electrons. The van der Waals surface area contributed by atoms with Gasteiger partial charge < -0.3 is 9.88 Å². The van der Waals surface area contributed by atoms with E-state index in [0.717, 1.165) is 24.1 Å². The van der Waals surface area contributed by atoms with E-state index in [1.807, 2.05) is 13.4 Å². The molecule has 3 heteroatoms. The number of hydrogen-bond acceptors (Lipinski definition) is 2. The van der Waals surface area contributed by atoms with E-state index in [9.17, 15) is 0 Å². The topological polar surface area (TPSA) is 29.9 Å². The average Bonchev–Trinajstić information content (AvgIpc) is 2.62. The first-order valence-electron chi connectivity index (χ1n) is 5.39. The Morgan fingerprint density at radius 2 is 2.36 bits per heavy atom. The van der Waals surface area contributed by atoms with Gasteiger partial charge in [-0.15, -0.1) is 0 Å². The zero-order valence-electron chi connectivity index (χ0n) is 9.20. The zero-order chi connectivity index (χ0) is 10.1. The van der Waals surface area contributed by atoms with Gasteiger partial charge in [0.1, 0.15) is 0 Å². The highest BCUT2D eigenvalue weighted by Gasteiger charge is 2.35. The van der Waals surface area contributed by atoms with Crippen molar-refractivity contribution in [3.8, 4) is 0 Å². The van der Waals surface area contributed by atoms with Crippen LogP contribution in [0.1, 0.15) is 32.0 Å². The maximum Gasteiger partial charge on any atom is 0.0952 e. The van der Waals surface area contributed by atoms with Gasteiger partial charge in [-0.05, 0) is 25.3 Å². The molecule has 2 rings (SSSR count). The largest absolute Gasteiger partial charge is 0.334 e. The highest BCUT2D eigenvalue weighted by atomic mass is 15.1. The standard InChI is InChI=1S/C11H19N3/c1-8-4-11(9(8)2)14-6-10(5-12-3)13-7-14/h6-9,11-12H,4-5H2,1-3H3. The van der Waals surface area contributed by atoms with Gasteiger partial charge in [-0.3, -0.25) is 0 Å². The molecule has 1 aliphatic rings. The number of aromatic nitrogens is 2. The molecule has 0 amide bonds. The third kappa shape index (κ3) is 1.57. The summed E-state index contributed by atoms with van der Waals surface area (Å²) < 4.78 is 2.28. The summed E-state index contributed by atoms with van der Waals surface area (Å²) in [6.45, 7) is 5.52. The first-order valence-corrected chi connectivity index (χ1v) is 5.39. The summed E-state index contributed by atoms with van der Waals surface area (Å²) in [6.07, 6.45) is 5.44. The SMILES string of the molecule is CNCc1cn(C2CC(C)C2C)cn1. The van der Waals surface area contributed by atoms with Crippen LogP contribution >= 0.6 is 0 Å². The minimum Gasteiger partial charge on any atom is -0.334 e. The first kappa shape index (κ1) is 9.71. The van der Waals surface area contributed by atoms with Crippen molar-refractivity contribution in [2.75, 3.05) is 7.05 Å². The van der Waals surface area contributed by atoms with Gasteiger partial charge in [0.25, 0.3) is 0 Å². The Morgan fingerprint density at radius 3 is 2.93 bits per heavy atom. The molecule has 78 valence electrons. The molecule has 1 aromatic heterocycles. The molecule has 0 aliphatic heterocycles. The summed E-state index contributed by atoms with van der Waals surface area (Å²) in [6, 6.07) is 0.683. The first-order chi connectivity index (χ1) is 6.72.